The van der Waals surface area contributed by atoms with E-state index in [9.17, 15) is 0 Å². The number of benzene rings is 2. The lowest BCUT2D eigenvalue weighted by molar-refractivity contribution is 0.107. The molecule has 2 heterocycles. The fourth-order valence-electron chi connectivity index (χ4n) is 4.25. The Morgan fingerprint density at radius 3 is 2.32 bits per heavy atom. The molecule has 0 N–H and O–H groups in total. The molecule has 0 amide bonds. The van der Waals surface area contributed by atoms with Gasteiger partial charge in [-0.25, -0.2) is 9.97 Å². The number of methoxy groups -OCH3 is 1. The number of nitrogens with zero attached hydrogens (tertiary/aromatic N) is 4. The summed E-state index contributed by atoms with van der Waals surface area (Å²) in [5, 5.41) is 0. The first-order chi connectivity index (χ1) is 15.1. The van der Waals surface area contributed by atoms with Gasteiger partial charge in [0.25, 0.3) is 0 Å². The number of hydrogen-bond acceptors (Lipinski definition) is 5. The lowest BCUT2D eigenvalue weighted by Crippen LogP contribution is -2.43. The first-order valence-corrected chi connectivity index (χ1v) is 11.0. The number of aromatic nitrogens is 2. The molecule has 1 aromatic heterocycles. The van der Waals surface area contributed by atoms with Crippen LogP contribution in [0.5, 0.6) is 5.75 Å². The van der Waals surface area contributed by atoms with E-state index < -0.39 is 0 Å². The van der Waals surface area contributed by atoms with Crippen LogP contribution < -0.4 is 4.74 Å². The molecule has 5 heteroatoms. The predicted molar refractivity (Wildman–Crippen MR) is 125 cm³/mol. The van der Waals surface area contributed by atoms with E-state index in [1.54, 1.807) is 7.11 Å². The number of hydrogen-bond donors (Lipinski definition) is 0. The molecule has 0 unspecified atom stereocenters. The molecule has 0 saturated carbocycles. The van der Waals surface area contributed by atoms with Gasteiger partial charge in [-0.15, -0.1) is 0 Å². The van der Waals surface area contributed by atoms with Crippen LogP contribution in [0.2, 0.25) is 0 Å². The van der Waals surface area contributed by atoms with Crippen molar-refractivity contribution in [2.75, 3.05) is 27.2 Å². The van der Waals surface area contributed by atoms with Gasteiger partial charge < -0.3 is 9.64 Å². The second-order valence-corrected chi connectivity index (χ2v) is 8.53. The van der Waals surface area contributed by atoms with Crippen LogP contribution in [0.1, 0.15) is 29.5 Å². The Balaban J connectivity index is 1.53. The summed E-state index contributed by atoms with van der Waals surface area (Å²) in [5.41, 5.74) is 4.66. The van der Waals surface area contributed by atoms with Gasteiger partial charge in [-0.3, -0.25) is 4.90 Å². The molecule has 0 spiro atoms. The fraction of sp³-hybridized carbons (Fsp3) is 0.385. The van der Waals surface area contributed by atoms with E-state index >= 15 is 0 Å². The molecule has 1 aliphatic rings. The Kier molecular flexibility index (Phi) is 6.95. The number of rotatable bonds is 7. The average Bonchev–Trinajstić information content (AvgIpc) is 2.80. The summed E-state index contributed by atoms with van der Waals surface area (Å²) >= 11 is 0. The van der Waals surface area contributed by atoms with Crippen molar-refractivity contribution in [2.24, 2.45) is 0 Å². The third-order valence-electron chi connectivity index (χ3n) is 6.17. The molecule has 5 nitrogen and oxygen atoms in total. The quantitative estimate of drug-likeness (QED) is 0.565. The van der Waals surface area contributed by atoms with Gasteiger partial charge >= 0.3 is 0 Å². The Morgan fingerprint density at radius 1 is 0.968 bits per heavy atom. The molecule has 2 aromatic carbocycles. The normalized spacial score (nSPS) is 15.4. The summed E-state index contributed by atoms with van der Waals surface area (Å²) in [6.07, 6.45) is 6.31. The Bertz CT molecular complexity index is 963. The van der Waals surface area contributed by atoms with Crippen molar-refractivity contribution in [1.29, 1.82) is 0 Å². The standard InChI is InChI=1S/C26H32N4O/c1-20-8-10-22(11-9-20)26-27-16-21(17-28-26)18-30(24-12-14-29(2)15-13-24)19-23-6-4-5-7-25(23)31-3/h4-11,16-17,24H,12-15,18-19H2,1-3H3. The summed E-state index contributed by atoms with van der Waals surface area (Å²) in [7, 11) is 3.95. The molecule has 3 aromatic rings. The van der Waals surface area contributed by atoms with E-state index in [1.807, 2.05) is 24.5 Å². The van der Waals surface area contributed by atoms with Gasteiger partial charge in [0.1, 0.15) is 5.75 Å². The number of piperidine rings is 1. The van der Waals surface area contributed by atoms with Crippen LogP contribution in [-0.4, -0.2) is 53.1 Å². The monoisotopic (exact) mass is 416 g/mol. The Morgan fingerprint density at radius 2 is 1.65 bits per heavy atom. The molecule has 0 atom stereocenters. The lowest BCUT2D eigenvalue weighted by atomic mass is 10.0. The van der Waals surface area contributed by atoms with Crippen LogP contribution in [0.25, 0.3) is 11.4 Å². The van der Waals surface area contributed by atoms with Gasteiger partial charge in [0.15, 0.2) is 5.82 Å². The maximum absolute atomic E-state index is 5.61. The molecular weight excluding hydrogens is 384 g/mol. The zero-order chi connectivity index (χ0) is 21.6. The van der Waals surface area contributed by atoms with Crippen molar-refractivity contribution in [2.45, 2.75) is 38.9 Å². The van der Waals surface area contributed by atoms with Gasteiger partial charge in [0, 0.05) is 48.2 Å². The molecule has 4 rings (SSSR count). The van der Waals surface area contributed by atoms with Crippen LogP contribution in [0, 0.1) is 6.92 Å². The summed E-state index contributed by atoms with van der Waals surface area (Å²) in [5.74, 6) is 1.73. The first kappa shape index (κ1) is 21.5. The second-order valence-electron chi connectivity index (χ2n) is 8.53. The largest absolute Gasteiger partial charge is 0.496 e. The maximum atomic E-state index is 5.61. The molecule has 0 bridgehead atoms. The number of para-hydroxylation sites is 1. The highest BCUT2D eigenvalue weighted by Crippen LogP contribution is 2.25. The highest BCUT2D eigenvalue weighted by Gasteiger charge is 2.24. The molecule has 1 saturated heterocycles. The van der Waals surface area contributed by atoms with E-state index in [4.69, 9.17) is 4.74 Å². The maximum Gasteiger partial charge on any atom is 0.159 e. The highest BCUT2D eigenvalue weighted by atomic mass is 16.5. The van der Waals surface area contributed by atoms with Crippen LogP contribution in [-0.2, 0) is 13.1 Å². The van der Waals surface area contributed by atoms with Crippen molar-refractivity contribution < 1.29 is 4.74 Å². The van der Waals surface area contributed by atoms with E-state index in [2.05, 4.69) is 70.1 Å². The number of aryl methyl sites for hydroxylation is 1. The fourth-order valence-corrected chi connectivity index (χ4v) is 4.25. The second kappa shape index (κ2) is 10.0. The van der Waals surface area contributed by atoms with Crippen molar-refractivity contribution in [1.82, 2.24) is 19.8 Å². The molecule has 31 heavy (non-hydrogen) atoms. The number of ether oxygens (including phenoxy) is 1. The zero-order valence-electron chi connectivity index (χ0n) is 18.8. The van der Waals surface area contributed by atoms with Gasteiger partial charge in [0.05, 0.1) is 7.11 Å². The van der Waals surface area contributed by atoms with E-state index in [-0.39, 0.29) is 0 Å². The van der Waals surface area contributed by atoms with Gasteiger partial charge in [-0.05, 0) is 46.0 Å². The van der Waals surface area contributed by atoms with Crippen LogP contribution >= 0.6 is 0 Å². The van der Waals surface area contributed by atoms with Crippen molar-refractivity contribution in [3.63, 3.8) is 0 Å². The minimum atomic E-state index is 0.540. The molecule has 0 aliphatic carbocycles. The third-order valence-corrected chi connectivity index (χ3v) is 6.17. The molecule has 162 valence electrons. The van der Waals surface area contributed by atoms with Gasteiger partial charge in [-0.2, -0.15) is 0 Å². The molecule has 1 fully saturated rings. The molecule has 0 radical (unpaired) electrons. The van der Waals surface area contributed by atoms with Crippen molar-refractivity contribution in [3.8, 4) is 17.1 Å². The summed E-state index contributed by atoms with van der Waals surface area (Å²) in [6.45, 7) is 6.05. The third kappa shape index (κ3) is 5.49. The predicted octanol–water partition coefficient (Wildman–Crippen LogP) is 4.56. The Hall–Kier alpha value is -2.76. The van der Waals surface area contributed by atoms with Gasteiger partial charge in [-0.1, -0.05) is 48.0 Å². The SMILES string of the molecule is COc1ccccc1CN(Cc1cnc(-c2ccc(C)cc2)nc1)C1CCN(C)CC1. The van der Waals surface area contributed by atoms with Gasteiger partial charge in [0.2, 0.25) is 0 Å². The van der Waals surface area contributed by atoms with Crippen LogP contribution in [0.15, 0.2) is 60.9 Å². The number of likely N-dealkylation sites (tertiary alicyclic amines) is 1. The Labute approximate surface area is 185 Å². The zero-order valence-corrected chi connectivity index (χ0v) is 18.8. The summed E-state index contributed by atoms with van der Waals surface area (Å²) < 4.78 is 5.61. The average molecular weight is 417 g/mol. The first-order valence-electron chi connectivity index (χ1n) is 11.0. The van der Waals surface area contributed by atoms with E-state index in [0.29, 0.717) is 6.04 Å². The van der Waals surface area contributed by atoms with E-state index in [1.165, 1.54) is 24.0 Å². The molecular formula is C26H32N4O. The smallest absolute Gasteiger partial charge is 0.159 e. The lowest BCUT2D eigenvalue weighted by Gasteiger charge is -2.37. The molecule has 1 aliphatic heterocycles. The topological polar surface area (TPSA) is 41.5 Å². The van der Waals surface area contributed by atoms with Crippen molar-refractivity contribution in [3.05, 3.63) is 77.6 Å². The van der Waals surface area contributed by atoms with Crippen molar-refractivity contribution >= 4 is 0 Å². The minimum absolute atomic E-state index is 0.540. The van der Waals surface area contributed by atoms with Crippen LogP contribution in [0.4, 0.5) is 0 Å². The van der Waals surface area contributed by atoms with Crippen LogP contribution in [0.3, 0.4) is 0 Å². The summed E-state index contributed by atoms with van der Waals surface area (Å²) in [6, 6.07) is 17.2. The van der Waals surface area contributed by atoms with E-state index in [0.717, 1.165) is 48.9 Å². The minimum Gasteiger partial charge on any atom is -0.496 e. The highest BCUT2D eigenvalue weighted by molar-refractivity contribution is 5.54. The summed E-state index contributed by atoms with van der Waals surface area (Å²) in [4.78, 5) is 14.3.